The molecule has 2 saturated heterocycles. The third kappa shape index (κ3) is 3.59. The van der Waals surface area contributed by atoms with Crippen molar-refractivity contribution < 1.29 is 34.2 Å². The van der Waals surface area contributed by atoms with E-state index in [-0.39, 0.29) is 49.3 Å². The first-order valence-electron chi connectivity index (χ1n) is 11.8. The number of rotatable bonds is 6. The molecule has 5 rings (SSSR count). The minimum absolute atomic E-state index is 0.0186. The smallest absolute Gasteiger partial charge is 0.303 e. The maximum absolute atomic E-state index is 13.6. The molecular weight excluding hydrogens is 591 g/mol. The van der Waals surface area contributed by atoms with Crippen molar-refractivity contribution in [3.63, 3.8) is 0 Å². The van der Waals surface area contributed by atoms with Gasteiger partial charge < -0.3 is 10.2 Å². The van der Waals surface area contributed by atoms with Gasteiger partial charge in [-0.25, -0.2) is 0 Å². The van der Waals surface area contributed by atoms with E-state index in [1.165, 1.54) is 12.1 Å². The van der Waals surface area contributed by atoms with Crippen LogP contribution >= 0.6 is 39.1 Å². The molecule has 3 fully saturated rings. The number of carbonyl (C=O) groups excluding carboxylic acids is 4. The maximum atomic E-state index is 13.6. The molecule has 2 aliphatic heterocycles. The summed E-state index contributed by atoms with van der Waals surface area (Å²) in [5.74, 6) is -6.39. The molecule has 4 aliphatic rings. The lowest BCUT2D eigenvalue weighted by Gasteiger charge is -2.50. The van der Waals surface area contributed by atoms with Crippen molar-refractivity contribution in [1.29, 1.82) is 0 Å². The van der Waals surface area contributed by atoms with Gasteiger partial charge in [0.15, 0.2) is 9.75 Å². The van der Waals surface area contributed by atoms with Crippen molar-refractivity contribution in [3.8, 4) is 5.75 Å². The Balaban J connectivity index is 1.62. The summed E-state index contributed by atoms with van der Waals surface area (Å²) in [6.07, 6.45) is 1.84. The molecule has 2 N–H and O–H groups in total. The Morgan fingerprint density at radius 2 is 1.81 bits per heavy atom. The zero-order valence-electron chi connectivity index (χ0n) is 19.4. The number of benzene rings is 1. The number of amides is 4. The van der Waals surface area contributed by atoms with Gasteiger partial charge in [-0.15, -0.1) is 23.2 Å². The molecule has 0 radical (unpaired) electrons. The molecule has 2 heterocycles. The Morgan fingerprint density at radius 1 is 1.08 bits per heavy atom. The number of fused-ring (bicyclic) bond motifs is 4. The average molecular weight is 614 g/mol. The van der Waals surface area contributed by atoms with Gasteiger partial charge in [-0.2, -0.15) is 0 Å². The first-order valence-corrected chi connectivity index (χ1v) is 13.7. The van der Waals surface area contributed by atoms with Gasteiger partial charge in [-0.3, -0.25) is 33.8 Å². The Labute approximate surface area is 230 Å². The summed E-state index contributed by atoms with van der Waals surface area (Å²) in [6.45, 7) is -0.0186. The molecule has 1 saturated carbocycles. The number of aromatic hydroxyl groups is 1. The molecule has 1 aromatic carbocycles. The second kappa shape index (κ2) is 9.10. The first-order chi connectivity index (χ1) is 17.5. The third-order valence-electron chi connectivity index (χ3n) is 8.08. The van der Waals surface area contributed by atoms with Crippen LogP contribution in [0.5, 0.6) is 5.75 Å². The molecule has 4 amide bonds. The fourth-order valence-electron chi connectivity index (χ4n) is 6.51. The number of aliphatic carboxylic acids is 1. The maximum Gasteiger partial charge on any atom is 0.303 e. The Kier molecular flexibility index (Phi) is 6.44. The quantitative estimate of drug-likeness (QED) is 0.218. The van der Waals surface area contributed by atoms with E-state index in [1.54, 1.807) is 12.1 Å². The van der Waals surface area contributed by atoms with E-state index in [0.29, 0.717) is 11.1 Å². The highest BCUT2D eigenvalue weighted by atomic mass is 79.9. The summed E-state index contributed by atoms with van der Waals surface area (Å²) in [5.41, 5.74) is 0.969. The topological polar surface area (TPSA) is 132 Å². The van der Waals surface area contributed by atoms with Gasteiger partial charge in [0, 0.05) is 18.9 Å². The number of hydrogen-bond acceptors (Lipinski definition) is 6. The predicted octanol–water partition coefficient (Wildman–Crippen LogP) is 2.97. The van der Waals surface area contributed by atoms with Crippen LogP contribution in [0.1, 0.15) is 37.2 Å². The Bertz CT molecular complexity index is 1270. The zero-order valence-corrected chi connectivity index (χ0v) is 22.5. The van der Waals surface area contributed by atoms with Crippen molar-refractivity contribution in [3.05, 3.63) is 41.5 Å². The largest absolute Gasteiger partial charge is 0.508 e. The summed E-state index contributed by atoms with van der Waals surface area (Å²) in [6, 6.07) is 6.18. The predicted molar refractivity (Wildman–Crippen MR) is 135 cm³/mol. The number of phenols is 1. The van der Waals surface area contributed by atoms with Crippen LogP contribution in [0.4, 0.5) is 0 Å². The monoisotopic (exact) mass is 612 g/mol. The van der Waals surface area contributed by atoms with Crippen molar-refractivity contribution in [1.82, 2.24) is 9.80 Å². The minimum Gasteiger partial charge on any atom is -0.508 e. The molecule has 0 bridgehead atoms. The normalized spacial score (nSPS) is 34.8. The molecule has 12 heteroatoms. The van der Waals surface area contributed by atoms with Crippen molar-refractivity contribution in [2.75, 3.05) is 12.0 Å². The van der Waals surface area contributed by atoms with Gasteiger partial charge in [0.25, 0.3) is 11.8 Å². The average Bonchev–Trinajstić information content (AvgIpc) is 3.17. The van der Waals surface area contributed by atoms with Crippen molar-refractivity contribution >= 4 is 68.7 Å². The summed E-state index contributed by atoms with van der Waals surface area (Å²) < 4.78 is 0. The fourth-order valence-corrected chi connectivity index (χ4v) is 7.93. The van der Waals surface area contributed by atoms with Crippen LogP contribution in [0.2, 0.25) is 0 Å². The highest BCUT2D eigenvalue weighted by Crippen LogP contribution is 2.65. The van der Waals surface area contributed by atoms with E-state index in [4.69, 9.17) is 28.3 Å². The number of imide groups is 2. The van der Waals surface area contributed by atoms with Crippen LogP contribution < -0.4 is 0 Å². The molecule has 2 aliphatic carbocycles. The van der Waals surface area contributed by atoms with Crippen LogP contribution in [0.25, 0.3) is 0 Å². The van der Waals surface area contributed by atoms with Gasteiger partial charge in [0.1, 0.15) is 5.75 Å². The van der Waals surface area contributed by atoms with E-state index in [9.17, 15) is 29.1 Å². The van der Waals surface area contributed by atoms with Gasteiger partial charge >= 0.3 is 5.97 Å². The Morgan fingerprint density at radius 3 is 2.46 bits per heavy atom. The van der Waals surface area contributed by atoms with Crippen LogP contribution in [-0.4, -0.2) is 71.4 Å². The van der Waals surface area contributed by atoms with Gasteiger partial charge in [-0.05, 0) is 42.9 Å². The van der Waals surface area contributed by atoms with Crippen LogP contribution in [0.15, 0.2) is 35.9 Å². The number of nitrogens with zero attached hydrogens (tertiary/aromatic N) is 2. The van der Waals surface area contributed by atoms with Crippen LogP contribution in [0.3, 0.4) is 0 Å². The highest BCUT2D eigenvalue weighted by molar-refractivity contribution is 9.09. The number of halogens is 3. The second-order valence-corrected chi connectivity index (χ2v) is 11.6. The lowest BCUT2D eigenvalue weighted by Crippen LogP contribution is -2.60. The summed E-state index contributed by atoms with van der Waals surface area (Å²) in [5, 5.41) is 19.2. The molecule has 37 heavy (non-hydrogen) atoms. The van der Waals surface area contributed by atoms with Gasteiger partial charge in [0.2, 0.25) is 11.8 Å². The van der Waals surface area contributed by atoms with Crippen LogP contribution in [-0.2, 0) is 24.0 Å². The van der Waals surface area contributed by atoms with E-state index < -0.39 is 57.1 Å². The molecule has 0 spiro atoms. The molecule has 0 aromatic heterocycles. The summed E-state index contributed by atoms with van der Waals surface area (Å²) in [4.78, 5) is 63.0. The number of alkyl halides is 3. The van der Waals surface area contributed by atoms with Crippen LogP contribution in [0, 0.1) is 17.8 Å². The fraction of sp³-hybridized carbons (Fsp3) is 0.480. The van der Waals surface area contributed by atoms with E-state index in [0.717, 1.165) is 9.80 Å². The van der Waals surface area contributed by atoms with E-state index >= 15 is 0 Å². The lowest BCUT2D eigenvalue weighted by molar-refractivity contribution is -0.142. The zero-order chi connectivity index (χ0) is 26.9. The highest BCUT2D eigenvalue weighted by Gasteiger charge is 2.76. The number of allylic oxidation sites excluding steroid dienone is 2. The number of hydrogen-bond donors (Lipinski definition) is 2. The number of carboxylic acid groups (broad SMARTS) is 1. The minimum atomic E-state index is -1.92. The summed E-state index contributed by atoms with van der Waals surface area (Å²) >= 11 is 17.3. The molecule has 6 atom stereocenters. The second-order valence-electron chi connectivity index (χ2n) is 9.91. The molecule has 1 aromatic rings. The molecule has 196 valence electrons. The molecular formula is C25H23BrCl2N2O7. The van der Waals surface area contributed by atoms with Gasteiger partial charge in [0.05, 0.1) is 17.3 Å². The lowest BCUT2D eigenvalue weighted by atomic mass is 9.56. The van der Waals surface area contributed by atoms with Gasteiger partial charge in [-0.1, -0.05) is 39.7 Å². The molecule has 9 nitrogen and oxygen atoms in total. The van der Waals surface area contributed by atoms with Crippen molar-refractivity contribution in [2.24, 2.45) is 17.8 Å². The molecule has 6 unspecified atom stereocenters. The van der Waals surface area contributed by atoms with Crippen molar-refractivity contribution in [2.45, 2.75) is 41.3 Å². The number of phenolic OH excluding ortho intramolecular Hbond substituents is 1. The SMILES string of the molecule is O=C(O)CCCN1C(=O)C2CC=C3C(CC4(Cl)C(=O)N(CBr)C(=O)C4(Cl)C3c3cccc(O)c3)C2C1=O. The standard InChI is InChI=1S/C25H23BrCl2N2O7/c26-11-30-22(36)24(27)10-16-14(19(25(24,28)23(30)37)12-3-1-4-13(31)9-12)6-7-15-18(16)21(35)29(20(15)34)8-2-5-17(32)33/h1,3-4,6,9,15-16,18-19,31H,2,5,7-8,10-11H2,(H,32,33). The number of carbonyl (C=O) groups is 5. The third-order valence-corrected chi connectivity index (χ3v) is 10.00. The first kappa shape index (κ1) is 26.2. The Hall–Kier alpha value is -2.43. The summed E-state index contributed by atoms with van der Waals surface area (Å²) in [7, 11) is 0. The number of likely N-dealkylation sites (tertiary alicyclic amines) is 2. The van der Waals surface area contributed by atoms with E-state index in [2.05, 4.69) is 15.9 Å². The number of carboxylic acids is 1. The van der Waals surface area contributed by atoms with E-state index in [1.807, 2.05) is 6.08 Å².